The van der Waals surface area contributed by atoms with Crippen molar-refractivity contribution < 1.29 is 5.11 Å². The molecule has 1 atom stereocenters. The Morgan fingerprint density at radius 3 is 2.33 bits per heavy atom. The molecule has 0 radical (unpaired) electrons. The Morgan fingerprint density at radius 2 is 1.80 bits per heavy atom. The standard InChI is InChI=1S/C13H23IO/c1-3-5-6-7-10-13(15,9-4-2)11-8-12-14/h15H,3,5-8,10-12H2,1-2H3. The van der Waals surface area contributed by atoms with Crippen LogP contribution in [0.1, 0.15) is 58.8 Å². The zero-order valence-electron chi connectivity index (χ0n) is 9.98. The minimum atomic E-state index is -0.715. The van der Waals surface area contributed by atoms with Crippen molar-refractivity contribution >= 4 is 22.6 Å². The van der Waals surface area contributed by atoms with Crippen LogP contribution < -0.4 is 0 Å². The van der Waals surface area contributed by atoms with Crippen LogP contribution in [-0.2, 0) is 0 Å². The molecule has 0 aromatic rings. The molecule has 1 N–H and O–H groups in total. The van der Waals surface area contributed by atoms with E-state index in [0.29, 0.717) is 0 Å². The molecule has 0 spiro atoms. The van der Waals surface area contributed by atoms with Gasteiger partial charge in [0.25, 0.3) is 0 Å². The predicted molar refractivity (Wildman–Crippen MR) is 75.3 cm³/mol. The largest absolute Gasteiger partial charge is 0.378 e. The van der Waals surface area contributed by atoms with Crippen molar-refractivity contribution in [1.82, 2.24) is 0 Å². The lowest BCUT2D eigenvalue weighted by molar-refractivity contribution is 0.0789. The van der Waals surface area contributed by atoms with Crippen LogP contribution in [0.2, 0.25) is 0 Å². The molecule has 0 rings (SSSR count). The molecule has 0 aromatic carbocycles. The van der Waals surface area contributed by atoms with E-state index >= 15 is 0 Å². The number of alkyl halides is 1. The van der Waals surface area contributed by atoms with Crippen molar-refractivity contribution in [1.29, 1.82) is 0 Å². The second-order valence-corrected chi connectivity index (χ2v) is 5.09. The minimum Gasteiger partial charge on any atom is -0.378 e. The fraction of sp³-hybridized carbons (Fsp3) is 0.846. The van der Waals surface area contributed by atoms with Gasteiger partial charge in [-0.25, -0.2) is 0 Å². The van der Waals surface area contributed by atoms with Gasteiger partial charge in [0.1, 0.15) is 5.60 Å². The Balaban J connectivity index is 3.93. The first-order valence-corrected chi connectivity index (χ1v) is 7.43. The quantitative estimate of drug-likeness (QED) is 0.311. The van der Waals surface area contributed by atoms with Crippen LogP contribution in [0.15, 0.2) is 0 Å². The highest BCUT2D eigenvalue weighted by molar-refractivity contribution is 14.1. The van der Waals surface area contributed by atoms with Gasteiger partial charge in [-0.2, -0.15) is 0 Å². The van der Waals surface area contributed by atoms with Gasteiger partial charge in [-0.15, -0.1) is 5.92 Å². The van der Waals surface area contributed by atoms with Gasteiger partial charge in [0.2, 0.25) is 0 Å². The van der Waals surface area contributed by atoms with E-state index in [1.807, 2.05) is 0 Å². The molecule has 0 heterocycles. The number of halogens is 1. The Hall–Kier alpha value is 0.250. The molecule has 0 aliphatic heterocycles. The van der Waals surface area contributed by atoms with Gasteiger partial charge in [0.05, 0.1) is 0 Å². The van der Waals surface area contributed by atoms with Gasteiger partial charge >= 0.3 is 0 Å². The molecule has 2 heteroatoms. The molecule has 0 saturated carbocycles. The van der Waals surface area contributed by atoms with Crippen molar-refractivity contribution in [3.05, 3.63) is 0 Å². The van der Waals surface area contributed by atoms with E-state index < -0.39 is 5.60 Å². The molecule has 0 amide bonds. The molecule has 0 aliphatic rings. The minimum absolute atomic E-state index is 0.715. The van der Waals surface area contributed by atoms with Crippen molar-refractivity contribution in [2.45, 2.75) is 64.4 Å². The molecule has 88 valence electrons. The molecule has 0 saturated heterocycles. The second-order valence-electron chi connectivity index (χ2n) is 4.01. The van der Waals surface area contributed by atoms with Crippen molar-refractivity contribution in [3.63, 3.8) is 0 Å². The number of unbranched alkanes of at least 4 members (excludes halogenated alkanes) is 3. The SMILES string of the molecule is CC#CC(O)(CCCI)CCCCCC. The Bertz CT molecular complexity index is 204. The number of rotatable bonds is 8. The average molecular weight is 322 g/mol. The number of hydrogen-bond acceptors (Lipinski definition) is 1. The lowest BCUT2D eigenvalue weighted by Crippen LogP contribution is -2.26. The third kappa shape index (κ3) is 8.10. The van der Waals surface area contributed by atoms with Crippen LogP contribution in [0.3, 0.4) is 0 Å². The first-order chi connectivity index (χ1) is 7.18. The van der Waals surface area contributed by atoms with Gasteiger partial charge in [-0.3, -0.25) is 0 Å². The maximum Gasteiger partial charge on any atom is 0.125 e. The Kier molecular flexibility index (Phi) is 9.63. The van der Waals surface area contributed by atoms with E-state index in [9.17, 15) is 5.11 Å². The van der Waals surface area contributed by atoms with Crippen LogP contribution >= 0.6 is 22.6 Å². The van der Waals surface area contributed by atoms with E-state index in [1.54, 1.807) is 6.92 Å². The first-order valence-electron chi connectivity index (χ1n) is 5.91. The maximum atomic E-state index is 10.3. The normalized spacial score (nSPS) is 14.1. The smallest absolute Gasteiger partial charge is 0.125 e. The lowest BCUT2D eigenvalue weighted by Gasteiger charge is -2.21. The maximum absolute atomic E-state index is 10.3. The molecule has 0 bridgehead atoms. The molecule has 1 unspecified atom stereocenters. The van der Waals surface area contributed by atoms with E-state index in [1.165, 1.54) is 19.3 Å². The van der Waals surface area contributed by atoms with Gasteiger partial charge in [0.15, 0.2) is 0 Å². The lowest BCUT2D eigenvalue weighted by atomic mass is 9.92. The summed E-state index contributed by atoms with van der Waals surface area (Å²) >= 11 is 2.35. The Labute approximate surface area is 108 Å². The molecule has 0 aromatic heterocycles. The van der Waals surface area contributed by atoms with Crippen molar-refractivity contribution in [3.8, 4) is 11.8 Å². The summed E-state index contributed by atoms with van der Waals surface area (Å²) < 4.78 is 1.10. The highest BCUT2D eigenvalue weighted by Gasteiger charge is 2.22. The third-order valence-electron chi connectivity index (χ3n) is 2.53. The summed E-state index contributed by atoms with van der Waals surface area (Å²) in [6.45, 7) is 4.01. The molecular formula is C13H23IO. The Morgan fingerprint density at radius 1 is 1.13 bits per heavy atom. The number of hydrogen-bond donors (Lipinski definition) is 1. The summed E-state index contributed by atoms with van der Waals surface area (Å²) in [6, 6.07) is 0. The average Bonchev–Trinajstić information content (AvgIpc) is 2.22. The summed E-state index contributed by atoms with van der Waals surface area (Å²) in [6.07, 6.45) is 7.54. The van der Waals surface area contributed by atoms with Gasteiger partial charge in [-0.05, 0) is 37.0 Å². The highest BCUT2D eigenvalue weighted by atomic mass is 127. The summed E-state index contributed by atoms with van der Waals surface area (Å²) in [4.78, 5) is 0. The van der Waals surface area contributed by atoms with Crippen LogP contribution in [-0.4, -0.2) is 15.1 Å². The fourth-order valence-electron chi connectivity index (χ4n) is 1.69. The summed E-state index contributed by atoms with van der Waals surface area (Å²) in [5.41, 5.74) is -0.715. The van der Waals surface area contributed by atoms with Crippen LogP contribution in [0, 0.1) is 11.8 Å². The second kappa shape index (κ2) is 9.47. The van der Waals surface area contributed by atoms with E-state index in [2.05, 4.69) is 41.4 Å². The van der Waals surface area contributed by atoms with Gasteiger partial charge in [0, 0.05) is 0 Å². The first kappa shape index (κ1) is 15.2. The van der Waals surface area contributed by atoms with Crippen LogP contribution in [0.5, 0.6) is 0 Å². The van der Waals surface area contributed by atoms with E-state index in [4.69, 9.17) is 0 Å². The summed E-state index contributed by atoms with van der Waals surface area (Å²) in [5.74, 6) is 5.83. The summed E-state index contributed by atoms with van der Waals surface area (Å²) in [7, 11) is 0. The molecular weight excluding hydrogens is 299 g/mol. The van der Waals surface area contributed by atoms with Gasteiger partial charge in [-0.1, -0.05) is 54.7 Å². The van der Waals surface area contributed by atoms with Crippen LogP contribution in [0.4, 0.5) is 0 Å². The molecule has 1 nitrogen and oxygen atoms in total. The third-order valence-corrected chi connectivity index (χ3v) is 3.29. The zero-order valence-corrected chi connectivity index (χ0v) is 12.1. The number of aliphatic hydroxyl groups is 1. The zero-order chi connectivity index (χ0) is 11.6. The van der Waals surface area contributed by atoms with E-state index in [0.717, 1.165) is 30.1 Å². The fourth-order valence-corrected chi connectivity index (χ4v) is 2.07. The molecule has 0 fully saturated rings. The predicted octanol–water partition coefficient (Wildman–Crippen LogP) is 3.93. The topological polar surface area (TPSA) is 20.2 Å². The summed E-state index contributed by atoms with van der Waals surface area (Å²) in [5, 5.41) is 10.3. The molecule has 15 heavy (non-hydrogen) atoms. The monoisotopic (exact) mass is 322 g/mol. The highest BCUT2D eigenvalue weighted by Crippen LogP contribution is 2.21. The van der Waals surface area contributed by atoms with Gasteiger partial charge < -0.3 is 5.11 Å². The van der Waals surface area contributed by atoms with Crippen molar-refractivity contribution in [2.24, 2.45) is 0 Å². The molecule has 0 aliphatic carbocycles. The van der Waals surface area contributed by atoms with Crippen LogP contribution in [0.25, 0.3) is 0 Å². The van der Waals surface area contributed by atoms with E-state index in [-0.39, 0.29) is 0 Å². The van der Waals surface area contributed by atoms with Crippen molar-refractivity contribution in [2.75, 3.05) is 4.43 Å².